The van der Waals surface area contributed by atoms with Gasteiger partial charge in [0, 0.05) is 52.1 Å². The molecule has 23 heavy (non-hydrogen) atoms. The van der Waals surface area contributed by atoms with E-state index in [2.05, 4.69) is 9.80 Å². The molecule has 2 atom stereocenters. The predicted molar refractivity (Wildman–Crippen MR) is 90.0 cm³/mol. The van der Waals surface area contributed by atoms with E-state index < -0.39 is 0 Å². The second-order valence-electron chi connectivity index (χ2n) is 7.58. The van der Waals surface area contributed by atoms with Crippen molar-refractivity contribution in [1.82, 2.24) is 14.7 Å². The van der Waals surface area contributed by atoms with Gasteiger partial charge in [0.05, 0.1) is 0 Å². The van der Waals surface area contributed by atoms with E-state index in [1.165, 1.54) is 25.8 Å². The average molecular weight is 321 g/mol. The van der Waals surface area contributed by atoms with Crippen LogP contribution in [0.25, 0.3) is 0 Å². The van der Waals surface area contributed by atoms with E-state index in [0.29, 0.717) is 18.0 Å². The smallest absolute Gasteiger partial charge is 0.219 e. The lowest BCUT2D eigenvalue weighted by atomic mass is 9.95. The number of amides is 2. The second-order valence-corrected chi connectivity index (χ2v) is 7.58. The summed E-state index contributed by atoms with van der Waals surface area (Å²) in [5.41, 5.74) is 0. The van der Waals surface area contributed by atoms with E-state index >= 15 is 0 Å². The number of likely N-dealkylation sites (tertiary alicyclic amines) is 3. The SMILES string of the molecule is CC(=O)N1CCC(CN2CCC[C@H]2[C@H]2CCCN2C(C)=O)CC1. The van der Waals surface area contributed by atoms with Crippen molar-refractivity contribution in [1.29, 1.82) is 0 Å². The first-order valence-corrected chi connectivity index (χ1v) is 9.33. The van der Waals surface area contributed by atoms with Gasteiger partial charge in [0.2, 0.25) is 11.8 Å². The van der Waals surface area contributed by atoms with E-state index in [-0.39, 0.29) is 11.8 Å². The standard InChI is InChI=1S/C18H31N3O2/c1-14(22)19-11-7-16(8-12-19)13-20-9-3-5-17(20)18-6-4-10-21(18)15(2)23/h16-18H,3-13H2,1-2H3/t17-,18+/m0/s1. The maximum atomic E-state index is 11.9. The molecule has 0 bridgehead atoms. The number of rotatable bonds is 3. The summed E-state index contributed by atoms with van der Waals surface area (Å²) in [5.74, 6) is 1.16. The zero-order chi connectivity index (χ0) is 16.4. The van der Waals surface area contributed by atoms with Gasteiger partial charge in [-0.25, -0.2) is 0 Å². The van der Waals surface area contributed by atoms with Crippen LogP contribution < -0.4 is 0 Å². The molecular weight excluding hydrogens is 290 g/mol. The number of hydrogen-bond donors (Lipinski definition) is 0. The Morgan fingerprint density at radius 1 is 0.826 bits per heavy atom. The van der Waals surface area contributed by atoms with Gasteiger partial charge in [0.1, 0.15) is 0 Å². The largest absolute Gasteiger partial charge is 0.343 e. The van der Waals surface area contributed by atoms with Crippen LogP contribution in [0.3, 0.4) is 0 Å². The Morgan fingerprint density at radius 2 is 1.48 bits per heavy atom. The zero-order valence-electron chi connectivity index (χ0n) is 14.7. The first-order chi connectivity index (χ1) is 11.1. The van der Waals surface area contributed by atoms with Gasteiger partial charge in [0.15, 0.2) is 0 Å². The van der Waals surface area contributed by atoms with Crippen molar-refractivity contribution in [3.63, 3.8) is 0 Å². The highest BCUT2D eigenvalue weighted by Gasteiger charge is 2.39. The third-order valence-electron chi connectivity index (χ3n) is 6.11. The third-order valence-corrected chi connectivity index (χ3v) is 6.11. The van der Waals surface area contributed by atoms with Crippen LogP contribution in [-0.4, -0.2) is 71.3 Å². The summed E-state index contributed by atoms with van der Waals surface area (Å²) in [6.07, 6.45) is 7.09. The van der Waals surface area contributed by atoms with Gasteiger partial charge in [0.25, 0.3) is 0 Å². The van der Waals surface area contributed by atoms with Crippen LogP contribution in [0, 0.1) is 5.92 Å². The minimum absolute atomic E-state index is 0.213. The van der Waals surface area contributed by atoms with Crippen LogP contribution in [-0.2, 0) is 9.59 Å². The molecule has 0 aromatic rings. The van der Waals surface area contributed by atoms with Crippen molar-refractivity contribution in [2.75, 3.05) is 32.7 Å². The topological polar surface area (TPSA) is 43.9 Å². The minimum atomic E-state index is 0.213. The quantitative estimate of drug-likeness (QED) is 0.795. The molecule has 0 saturated carbocycles. The van der Waals surface area contributed by atoms with Crippen molar-refractivity contribution in [3.8, 4) is 0 Å². The Morgan fingerprint density at radius 3 is 2.13 bits per heavy atom. The van der Waals surface area contributed by atoms with Crippen molar-refractivity contribution in [2.24, 2.45) is 5.92 Å². The molecular formula is C18H31N3O2. The molecule has 130 valence electrons. The van der Waals surface area contributed by atoms with E-state index in [1.807, 2.05) is 4.90 Å². The molecule has 0 N–H and O–H groups in total. The van der Waals surface area contributed by atoms with Crippen LogP contribution in [0.1, 0.15) is 52.4 Å². The normalized spacial score (nSPS) is 30.2. The third kappa shape index (κ3) is 3.70. The van der Waals surface area contributed by atoms with Gasteiger partial charge in [-0.1, -0.05) is 0 Å². The second kappa shape index (κ2) is 7.20. The number of carbonyl (C=O) groups is 2. The molecule has 3 rings (SSSR count). The lowest BCUT2D eigenvalue weighted by Gasteiger charge is -2.38. The van der Waals surface area contributed by atoms with Crippen LogP contribution in [0.5, 0.6) is 0 Å². The molecule has 0 unspecified atom stereocenters. The first-order valence-electron chi connectivity index (χ1n) is 9.33. The van der Waals surface area contributed by atoms with Crippen molar-refractivity contribution < 1.29 is 9.59 Å². The lowest BCUT2D eigenvalue weighted by molar-refractivity contribution is -0.130. The molecule has 3 heterocycles. The minimum Gasteiger partial charge on any atom is -0.343 e. The van der Waals surface area contributed by atoms with Crippen molar-refractivity contribution >= 4 is 11.8 Å². The molecule has 0 aromatic heterocycles. The highest BCUT2D eigenvalue weighted by atomic mass is 16.2. The molecule has 0 radical (unpaired) electrons. The molecule has 5 heteroatoms. The van der Waals surface area contributed by atoms with Gasteiger partial charge in [-0.05, 0) is 51.0 Å². The monoisotopic (exact) mass is 321 g/mol. The first kappa shape index (κ1) is 16.7. The Labute approximate surface area is 140 Å². The number of carbonyl (C=O) groups excluding carboxylic acids is 2. The van der Waals surface area contributed by atoms with Gasteiger partial charge in [-0.3, -0.25) is 14.5 Å². The Kier molecular flexibility index (Phi) is 5.24. The molecule has 0 spiro atoms. The summed E-state index contributed by atoms with van der Waals surface area (Å²) in [6.45, 7) is 8.51. The fraction of sp³-hybridized carbons (Fsp3) is 0.889. The summed E-state index contributed by atoms with van der Waals surface area (Å²) in [5, 5.41) is 0. The van der Waals surface area contributed by atoms with Crippen LogP contribution >= 0.6 is 0 Å². The summed E-state index contributed by atoms with van der Waals surface area (Å²) in [7, 11) is 0. The molecule has 3 aliphatic rings. The van der Waals surface area contributed by atoms with Crippen LogP contribution in [0.15, 0.2) is 0 Å². The fourth-order valence-electron chi connectivity index (χ4n) is 4.86. The highest BCUT2D eigenvalue weighted by molar-refractivity contribution is 5.74. The molecule has 5 nitrogen and oxygen atoms in total. The van der Waals surface area contributed by atoms with Gasteiger partial charge in [-0.15, -0.1) is 0 Å². The zero-order valence-corrected chi connectivity index (χ0v) is 14.7. The lowest BCUT2D eigenvalue weighted by Crippen LogP contribution is -2.49. The molecule has 3 saturated heterocycles. The highest BCUT2D eigenvalue weighted by Crippen LogP contribution is 2.31. The number of hydrogen-bond acceptors (Lipinski definition) is 3. The van der Waals surface area contributed by atoms with Crippen LogP contribution in [0.2, 0.25) is 0 Å². The number of nitrogens with zero attached hydrogens (tertiary/aromatic N) is 3. The maximum absolute atomic E-state index is 11.9. The van der Waals surface area contributed by atoms with E-state index in [9.17, 15) is 9.59 Å². The molecule has 0 aliphatic carbocycles. The molecule has 2 amide bonds. The van der Waals surface area contributed by atoms with Gasteiger partial charge in [-0.2, -0.15) is 0 Å². The molecule has 3 fully saturated rings. The summed E-state index contributed by atoms with van der Waals surface area (Å²) >= 11 is 0. The molecule has 0 aromatic carbocycles. The van der Waals surface area contributed by atoms with Gasteiger partial charge < -0.3 is 9.80 Å². The van der Waals surface area contributed by atoms with Gasteiger partial charge >= 0.3 is 0 Å². The van der Waals surface area contributed by atoms with Crippen molar-refractivity contribution in [3.05, 3.63) is 0 Å². The van der Waals surface area contributed by atoms with E-state index in [4.69, 9.17) is 0 Å². The summed E-state index contributed by atoms with van der Waals surface area (Å²) < 4.78 is 0. The fourth-order valence-corrected chi connectivity index (χ4v) is 4.86. The molecule has 3 aliphatic heterocycles. The Bertz CT molecular complexity index is 446. The van der Waals surface area contributed by atoms with E-state index in [0.717, 1.165) is 45.4 Å². The summed E-state index contributed by atoms with van der Waals surface area (Å²) in [6, 6.07) is 1.000. The Hall–Kier alpha value is -1.10. The number of piperidine rings is 1. The van der Waals surface area contributed by atoms with Crippen molar-refractivity contribution in [2.45, 2.75) is 64.5 Å². The van der Waals surface area contributed by atoms with Crippen LogP contribution in [0.4, 0.5) is 0 Å². The average Bonchev–Trinajstić information content (AvgIpc) is 3.15. The maximum Gasteiger partial charge on any atom is 0.219 e. The van der Waals surface area contributed by atoms with E-state index in [1.54, 1.807) is 13.8 Å². The Balaban J connectivity index is 1.55. The summed E-state index contributed by atoms with van der Waals surface area (Å²) in [4.78, 5) is 30.1. The predicted octanol–water partition coefficient (Wildman–Crippen LogP) is 1.72.